The van der Waals surface area contributed by atoms with E-state index in [4.69, 9.17) is 4.74 Å². The molecule has 3 heterocycles. The summed E-state index contributed by atoms with van der Waals surface area (Å²) >= 11 is 0. The van der Waals surface area contributed by atoms with Crippen LogP contribution in [0.1, 0.15) is 18.1 Å². The third-order valence-corrected chi connectivity index (χ3v) is 7.88. The molecule has 7 nitrogen and oxygen atoms in total. The van der Waals surface area contributed by atoms with Gasteiger partial charge >= 0.3 is 0 Å². The summed E-state index contributed by atoms with van der Waals surface area (Å²) in [7, 11) is -4.18. The highest BCUT2D eigenvalue weighted by molar-refractivity contribution is 7.90. The minimum Gasteiger partial charge on any atom is -0.370 e. The van der Waals surface area contributed by atoms with Crippen molar-refractivity contribution in [3.05, 3.63) is 77.9 Å². The van der Waals surface area contributed by atoms with Gasteiger partial charge in [-0.15, -0.1) is 0 Å². The number of halogens is 1. The Labute approximate surface area is 202 Å². The molecule has 4 aromatic rings. The van der Waals surface area contributed by atoms with Crippen LogP contribution in [0, 0.1) is 12.9 Å². The van der Waals surface area contributed by atoms with E-state index in [2.05, 4.69) is 4.98 Å². The van der Waals surface area contributed by atoms with Gasteiger partial charge in [0.15, 0.2) is 5.65 Å². The van der Waals surface area contributed by atoms with E-state index in [0.717, 1.165) is 16.8 Å². The molecule has 1 amide bonds. The van der Waals surface area contributed by atoms with Crippen LogP contribution in [-0.4, -0.2) is 43.0 Å². The Balaban J connectivity index is 1.62. The number of hydrogen-bond donors (Lipinski definition) is 0. The lowest BCUT2D eigenvalue weighted by molar-refractivity contribution is -0.125. The number of fused-ring (bicyclic) bond motifs is 1. The van der Waals surface area contributed by atoms with Gasteiger partial charge in [0.2, 0.25) is 5.95 Å². The maximum atomic E-state index is 15.5. The molecule has 0 aliphatic carbocycles. The molecule has 0 radical (unpaired) electrons. The molecule has 0 unspecified atom stereocenters. The van der Waals surface area contributed by atoms with Gasteiger partial charge in [-0.2, -0.15) is 8.36 Å². The number of ether oxygens (including phenoxy) is 1. The summed E-state index contributed by atoms with van der Waals surface area (Å²) in [6.45, 7) is 4.60. The summed E-state index contributed by atoms with van der Waals surface area (Å²) in [5.41, 5.74) is 3.44. The lowest BCUT2D eigenvalue weighted by Gasteiger charge is -2.27. The molecule has 5 rings (SSSR count). The Bertz CT molecular complexity index is 1550. The van der Waals surface area contributed by atoms with Gasteiger partial charge in [-0.1, -0.05) is 36.8 Å². The van der Waals surface area contributed by atoms with E-state index in [9.17, 15) is 13.2 Å². The minimum atomic E-state index is -4.18. The van der Waals surface area contributed by atoms with E-state index >= 15 is 4.39 Å². The molecule has 0 N–H and O–H groups in total. The van der Waals surface area contributed by atoms with Crippen molar-refractivity contribution in [1.82, 2.24) is 8.96 Å². The smallest absolute Gasteiger partial charge is 0.271 e. The lowest BCUT2D eigenvalue weighted by Crippen LogP contribution is -2.41. The molecule has 2 aromatic carbocycles. The molecule has 0 saturated carbocycles. The molecule has 9 heteroatoms. The third-order valence-electron chi connectivity index (χ3n) is 6.20. The summed E-state index contributed by atoms with van der Waals surface area (Å²) in [5, 5.41) is 0.436. The summed E-state index contributed by atoms with van der Waals surface area (Å²) in [6.07, 6.45) is 1.83. The van der Waals surface area contributed by atoms with Crippen LogP contribution in [0.15, 0.2) is 65.7 Å². The van der Waals surface area contributed by atoms with E-state index in [-0.39, 0.29) is 28.6 Å². The predicted molar refractivity (Wildman–Crippen MR) is 131 cm³/mol. The lowest BCUT2D eigenvalue weighted by atomic mass is 10.0. The van der Waals surface area contributed by atoms with Gasteiger partial charge in [0.05, 0.1) is 11.5 Å². The van der Waals surface area contributed by atoms with Gasteiger partial charge < -0.3 is 9.64 Å². The quantitative estimate of drug-likeness (QED) is 0.414. The van der Waals surface area contributed by atoms with Crippen molar-refractivity contribution < 1.29 is 22.3 Å². The molecule has 35 heavy (non-hydrogen) atoms. The summed E-state index contributed by atoms with van der Waals surface area (Å²) in [4.78, 5) is 18.3. The van der Waals surface area contributed by atoms with Crippen LogP contribution >= 0.6 is 0 Å². The minimum absolute atomic E-state index is 0.00434. The van der Waals surface area contributed by atoms with Crippen molar-refractivity contribution in [2.45, 2.75) is 25.2 Å². The predicted octanol–water partition coefficient (Wildman–Crippen LogP) is 4.31. The zero-order chi connectivity index (χ0) is 24.7. The topological polar surface area (TPSA) is 81.5 Å². The summed E-state index contributed by atoms with van der Waals surface area (Å²) < 4.78 is 48.1. The highest BCUT2D eigenvalue weighted by Gasteiger charge is 2.28. The number of nitrogens with zero attached hydrogens (tertiary/aromatic N) is 3. The fraction of sp³-hybridized carbons (Fsp3) is 0.231. The fourth-order valence-electron chi connectivity index (χ4n) is 4.34. The van der Waals surface area contributed by atoms with Gasteiger partial charge in [-0.3, -0.25) is 4.79 Å². The van der Waals surface area contributed by atoms with Crippen LogP contribution in [0.3, 0.4) is 0 Å². The Hall–Kier alpha value is -3.56. The van der Waals surface area contributed by atoms with Crippen LogP contribution in [0.5, 0.6) is 0 Å². The third kappa shape index (κ3) is 4.00. The van der Waals surface area contributed by atoms with E-state index in [1.165, 1.54) is 18.3 Å². The van der Waals surface area contributed by atoms with E-state index < -0.39 is 16.0 Å². The molecular weight excluding hydrogens is 469 g/mol. The first-order valence-electron chi connectivity index (χ1n) is 11.3. The first kappa shape index (κ1) is 23.2. The van der Waals surface area contributed by atoms with Gasteiger partial charge in [-0.25, -0.2) is 13.4 Å². The number of morpholine rings is 1. The van der Waals surface area contributed by atoms with Gasteiger partial charge in [0, 0.05) is 34.9 Å². The monoisotopic (exact) mass is 493 g/mol. The first-order valence-corrected chi connectivity index (χ1v) is 12.7. The molecule has 180 valence electrons. The maximum absolute atomic E-state index is 15.5. The van der Waals surface area contributed by atoms with Crippen molar-refractivity contribution in [2.24, 2.45) is 0 Å². The number of hydrogen-bond acceptors (Lipinski definition) is 5. The second-order valence-electron chi connectivity index (χ2n) is 8.45. The highest BCUT2D eigenvalue weighted by Crippen LogP contribution is 2.33. The molecule has 1 aliphatic heterocycles. The second-order valence-corrected chi connectivity index (χ2v) is 10.2. The standard InChI is InChI=1S/C26H24FN3O4S/c1-3-22-23-14-19(18-5-4-6-20(13-18)29-11-12-34-16-24(29)31)15-28-26(23)30(25(22)27)35(32,33)21-9-7-17(2)8-10-21/h4-10,13-15H,3,11-12,16H2,1-2H3. The summed E-state index contributed by atoms with van der Waals surface area (Å²) in [5.74, 6) is -0.948. The van der Waals surface area contributed by atoms with Crippen molar-refractivity contribution in [3.8, 4) is 11.1 Å². The molecular formula is C26H24FN3O4S. The zero-order valence-corrected chi connectivity index (χ0v) is 20.2. The summed E-state index contributed by atoms with van der Waals surface area (Å²) in [6, 6.07) is 15.5. The average molecular weight is 494 g/mol. The van der Waals surface area contributed by atoms with Crippen LogP contribution in [0.2, 0.25) is 0 Å². The van der Waals surface area contributed by atoms with Gasteiger partial charge in [-0.05, 0) is 49.2 Å². The van der Waals surface area contributed by atoms with E-state index in [0.29, 0.717) is 34.5 Å². The SMILES string of the molecule is CCc1c(F)n(S(=O)(=O)c2ccc(C)cc2)c2ncc(-c3cccc(N4CCOCC4=O)c3)cc12. The van der Waals surface area contributed by atoms with Crippen LogP contribution in [0.25, 0.3) is 22.2 Å². The normalized spacial score (nSPS) is 14.6. The number of anilines is 1. The van der Waals surface area contributed by atoms with Crippen LogP contribution < -0.4 is 4.90 Å². The Morgan fingerprint density at radius 1 is 1.09 bits per heavy atom. The van der Waals surface area contributed by atoms with E-state index in [1.54, 1.807) is 30.0 Å². The first-order chi connectivity index (χ1) is 16.8. The molecule has 1 aliphatic rings. The number of amides is 1. The largest absolute Gasteiger partial charge is 0.370 e. The Kier molecular flexibility index (Phi) is 5.90. The second kappa shape index (κ2) is 8.90. The molecule has 0 bridgehead atoms. The highest BCUT2D eigenvalue weighted by atomic mass is 32.2. The van der Waals surface area contributed by atoms with Gasteiger partial charge in [0.1, 0.15) is 6.61 Å². The van der Waals surface area contributed by atoms with Crippen molar-refractivity contribution >= 4 is 32.7 Å². The number of benzene rings is 2. The van der Waals surface area contributed by atoms with Crippen LogP contribution in [0.4, 0.5) is 10.1 Å². The number of aromatic nitrogens is 2. The zero-order valence-electron chi connectivity index (χ0n) is 19.4. The van der Waals surface area contributed by atoms with Crippen molar-refractivity contribution in [1.29, 1.82) is 0 Å². The number of carbonyl (C=O) groups is 1. The number of rotatable bonds is 5. The van der Waals surface area contributed by atoms with Crippen LogP contribution in [-0.2, 0) is 26.0 Å². The number of pyridine rings is 1. The van der Waals surface area contributed by atoms with Crippen molar-refractivity contribution in [3.63, 3.8) is 0 Å². The number of carbonyl (C=O) groups excluding carboxylic acids is 1. The maximum Gasteiger partial charge on any atom is 0.271 e. The Morgan fingerprint density at radius 3 is 2.57 bits per heavy atom. The Morgan fingerprint density at radius 2 is 1.86 bits per heavy atom. The van der Waals surface area contributed by atoms with E-state index in [1.807, 2.05) is 31.2 Å². The molecule has 0 atom stereocenters. The molecule has 0 spiro atoms. The number of aryl methyl sites for hydroxylation is 2. The molecule has 1 fully saturated rings. The fourth-order valence-corrected chi connectivity index (χ4v) is 5.73. The molecule has 1 saturated heterocycles. The average Bonchev–Trinajstić information content (AvgIpc) is 3.15. The molecule has 2 aromatic heterocycles. The van der Waals surface area contributed by atoms with Gasteiger partial charge in [0.25, 0.3) is 15.9 Å². The van der Waals surface area contributed by atoms with Crippen molar-refractivity contribution in [2.75, 3.05) is 24.7 Å².